The van der Waals surface area contributed by atoms with Gasteiger partial charge in [-0.3, -0.25) is 0 Å². The standard InChI is InChI=1S/C14H20N2O2S/c1-14(2,19(3,17)18)10-15-8-11-9-16-13-7-5-4-6-12(11)13/h4-7,9,15-16H,8,10H2,1-3H3. The molecule has 1 heterocycles. The molecule has 1 aromatic carbocycles. The third-order valence-electron chi connectivity index (χ3n) is 3.54. The number of rotatable bonds is 5. The molecule has 2 rings (SSSR count). The Hall–Kier alpha value is -1.33. The number of hydrogen-bond donors (Lipinski definition) is 2. The summed E-state index contributed by atoms with van der Waals surface area (Å²) in [6.45, 7) is 4.57. The Kier molecular flexibility index (Phi) is 3.69. The predicted molar refractivity (Wildman–Crippen MR) is 78.9 cm³/mol. The summed E-state index contributed by atoms with van der Waals surface area (Å²) >= 11 is 0. The summed E-state index contributed by atoms with van der Waals surface area (Å²) in [5.74, 6) is 0. The van der Waals surface area contributed by atoms with E-state index in [4.69, 9.17) is 0 Å². The number of fused-ring (bicyclic) bond motifs is 1. The van der Waals surface area contributed by atoms with E-state index in [-0.39, 0.29) is 0 Å². The average Bonchev–Trinajstić information content (AvgIpc) is 2.71. The van der Waals surface area contributed by atoms with Crippen molar-refractivity contribution in [3.8, 4) is 0 Å². The predicted octanol–water partition coefficient (Wildman–Crippen LogP) is 2.08. The van der Waals surface area contributed by atoms with Crippen molar-refractivity contribution in [2.45, 2.75) is 25.1 Å². The van der Waals surface area contributed by atoms with Gasteiger partial charge in [0.05, 0.1) is 4.75 Å². The Balaban J connectivity index is 2.04. The highest BCUT2D eigenvalue weighted by Gasteiger charge is 2.29. The summed E-state index contributed by atoms with van der Waals surface area (Å²) in [4.78, 5) is 3.21. The fourth-order valence-electron chi connectivity index (χ4n) is 1.91. The van der Waals surface area contributed by atoms with Gasteiger partial charge in [-0.2, -0.15) is 0 Å². The summed E-state index contributed by atoms with van der Waals surface area (Å²) < 4.78 is 22.5. The first-order chi connectivity index (χ1) is 8.81. The first kappa shape index (κ1) is 14.1. The Morgan fingerprint density at radius 2 is 1.95 bits per heavy atom. The molecule has 0 atom stereocenters. The third-order valence-corrected chi connectivity index (χ3v) is 5.70. The van der Waals surface area contributed by atoms with Crippen molar-refractivity contribution < 1.29 is 8.42 Å². The average molecular weight is 280 g/mol. The highest BCUT2D eigenvalue weighted by Crippen LogP contribution is 2.18. The number of aromatic nitrogens is 1. The van der Waals surface area contributed by atoms with E-state index in [0.29, 0.717) is 13.1 Å². The number of aromatic amines is 1. The van der Waals surface area contributed by atoms with Crippen molar-refractivity contribution in [2.24, 2.45) is 0 Å². The zero-order chi connectivity index (χ0) is 14.1. The molecule has 4 nitrogen and oxygen atoms in total. The first-order valence-electron chi connectivity index (χ1n) is 6.26. The molecule has 1 aromatic heterocycles. The molecule has 0 amide bonds. The Morgan fingerprint density at radius 3 is 2.63 bits per heavy atom. The van der Waals surface area contributed by atoms with Crippen LogP contribution in [-0.2, 0) is 16.4 Å². The molecule has 0 saturated carbocycles. The molecular weight excluding hydrogens is 260 g/mol. The molecule has 0 aliphatic heterocycles. The normalized spacial score (nSPS) is 13.0. The van der Waals surface area contributed by atoms with E-state index < -0.39 is 14.6 Å². The molecular formula is C14H20N2O2S. The van der Waals surface area contributed by atoms with Gasteiger partial charge >= 0.3 is 0 Å². The van der Waals surface area contributed by atoms with Crippen molar-refractivity contribution in [1.82, 2.24) is 10.3 Å². The topological polar surface area (TPSA) is 62.0 Å². The van der Waals surface area contributed by atoms with Crippen molar-refractivity contribution in [3.63, 3.8) is 0 Å². The molecule has 19 heavy (non-hydrogen) atoms. The summed E-state index contributed by atoms with van der Waals surface area (Å²) in [7, 11) is -3.06. The monoisotopic (exact) mass is 280 g/mol. The van der Waals surface area contributed by atoms with Crippen LogP contribution in [0.2, 0.25) is 0 Å². The number of H-pyrrole nitrogens is 1. The van der Waals surface area contributed by atoms with Gasteiger partial charge < -0.3 is 10.3 Å². The Bertz CT molecular complexity index is 672. The lowest BCUT2D eigenvalue weighted by Crippen LogP contribution is -2.41. The molecule has 104 valence electrons. The maximum Gasteiger partial charge on any atom is 0.153 e. The largest absolute Gasteiger partial charge is 0.361 e. The van der Waals surface area contributed by atoms with Crippen LogP contribution in [0.15, 0.2) is 30.5 Å². The maximum absolute atomic E-state index is 11.6. The van der Waals surface area contributed by atoms with E-state index in [1.165, 1.54) is 11.6 Å². The van der Waals surface area contributed by atoms with Crippen LogP contribution >= 0.6 is 0 Å². The fourth-order valence-corrected chi connectivity index (χ4v) is 2.27. The number of sulfone groups is 1. The van der Waals surface area contributed by atoms with Crippen molar-refractivity contribution in [2.75, 3.05) is 12.8 Å². The van der Waals surface area contributed by atoms with Crippen LogP contribution in [0.3, 0.4) is 0 Å². The summed E-state index contributed by atoms with van der Waals surface area (Å²) in [6, 6.07) is 8.08. The quantitative estimate of drug-likeness (QED) is 0.881. The fraction of sp³-hybridized carbons (Fsp3) is 0.429. The highest BCUT2D eigenvalue weighted by atomic mass is 32.2. The van der Waals surface area contributed by atoms with Gasteiger partial charge in [0.25, 0.3) is 0 Å². The second-order valence-electron chi connectivity index (χ2n) is 5.49. The smallest absolute Gasteiger partial charge is 0.153 e. The Morgan fingerprint density at radius 1 is 1.26 bits per heavy atom. The maximum atomic E-state index is 11.6. The second kappa shape index (κ2) is 4.98. The third kappa shape index (κ3) is 2.98. The minimum atomic E-state index is -3.06. The molecule has 0 aliphatic carbocycles. The van der Waals surface area contributed by atoms with Crippen LogP contribution in [0.25, 0.3) is 10.9 Å². The zero-order valence-corrected chi connectivity index (χ0v) is 12.3. The lowest BCUT2D eigenvalue weighted by molar-refractivity contribution is 0.522. The molecule has 2 N–H and O–H groups in total. The molecule has 0 unspecified atom stereocenters. The molecule has 0 radical (unpaired) electrons. The van der Waals surface area contributed by atoms with Gasteiger partial charge in [0, 0.05) is 36.4 Å². The highest BCUT2D eigenvalue weighted by molar-refractivity contribution is 7.92. The molecule has 5 heteroatoms. The van der Waals surface area contributed by atoms with Crippen LogP contribution in [0.5, 0.6) is 0 Å². The van der Waals surface area contributed by atoms with E-state index in [2.05, 4.69) is 16.4 Å². The number of nitrogens with one attached hydrogen (secondary N) is 2. The van der Waals surface area contributed by atoms with Crippen LogP contribution in [0.4, 0.5) is 0 Å². The number of para-hydroxylation sites is 1. The van der Waals surface area contributed by atoms with Crippen molar-refractivity contribution in [3.05, 3.63) is 36.0 Å². The van der Waals surface area contributed by atoms with E-state index in [1.54, 1.807) is 13.8 Å². The van der Waals surface area contributed by atoms with Crippen LogP contribution in [0.1, 0.15) is 19.4 Å². The molecule has 0 saturated heterocycles. The van der Waals surface area contributed by atoms with E-state index in [1.807, 2.05) is 24.4 Å². The lowest BCUT2D eigenvalue weighted by atomic mass is 10.1. The minimum Gasteiger partial charge on any atom is -0.361 e. The van der Waals surface area contributed by atoms with Gasteiger partial charge in [-0.25, -0.2) is 8.42 Å². The van der Waals surface area contributed by atoms with Crippen LogP contribution in [-0.4, -0.2) is 30.9 Å². The van der Waals surface area contributed by atoms with E-state index in [9.17, 15) is 8.42 Å². The summed E-state index contributed by atoms with van der Waals surface area (Å²) in [5.41, 5.74) is 2.25. The van der Waals surface area contributed by atoms with Crippen molar-refractivity contribution in [1.29, 1.82) is 0 Å². The van der Waals surface area contributed by atoms with Crippen molar-refractivity contribution >= 4 is 20.7 Å². The van der Waals surface area contributed by atoms with E-state index in [0.717, 1.165) is 11.1 Å². The van der Waals surface area contributed by atoms with Gasteiger partial charge in [0.15, 0.2) is 9.84 Å². The number of benzene rings is 1. The number of hydrogen-bond acceptors (Lipinski definition) is 3. The molecule has 0 aliphatic rings. The van der Waals surface area contributed by atoms with Gasteiger partial charge in [0.1, 0.15) is 0 Å². The summed E-state index contributed by atoms with van der Waals surface area (Å²) in [5, 5.41) is 4.40. The van der Waals surface area contributed by atoms with Gasteiger partial charge in [-0.1, -0.05) is 18.2 Å². The SMILES string of the molecule is CC(C)(CNCc1c[nH]c2ccccc12)S(C)(=O)=O. The molecule has 0 spiro atoms. The van der Waals surface area contributed by atoms with Gasteiger partial charge in [0.2, 0.25) is 0 Å². The minimum absolute atomic E-state index is 0.436. The lowest BCUT2D eigenvalue weighted by Gasteiger charge is -2.22. The second-order valence-corrected chi connectivity index (χ2v) is 8.14. The van der Waals surface area contributed by atoms with Crippen LogP contribution in [0, 0.1) is 0 Å². The van der Waals surface area contributed by atoms with Gasteiger partial charge in [-0.15, -0.1) is 0 Å². The van der Waals surface area contributed by atoms with Gasteiger partial charge in [-0.05, 0) is 25.5 Å². The molecule has 0 fully saturated rings. The first-order valence-corrected chi connectivity index (χ1v) is 8.16. The molecule has 0 bridgehead atoms. The molecule has 2 aromatic rings. The summed E-state index contributed by atoms with van der Waals surface area (Å²) in [6.07, 6.45) is 3.24. The Labute approximate surface area is 114 Å². The van der Waals surface area contributed by atoms with E-state index >= 15 is 0 Å². The zero-order valence-electron chi connectivity index (χ0n) is 11.5. The van der Waals surface area contributed by atoms with Crippen LogP contribution < -0.4 is 5.32 Å².